The molecule has 0 saturated carbocycles. The summed E-state index contributed by atoms with van der Waals surface area (Å²) < 4.78 is 15.9. The molecule has 6 nitrogen and oxygen atoms in total. The zero-order valence-electron chi connectivity index (χ0n) is 17.4. The van der Waals surface area contributed by atoms with E-state index in [9.17, 15) is 14.0 Å². The predicted molar refractivity (Wildman–Crippen MR) is 116 cm³/mol. The number of nitrogens with zero attached hydrogens (tertiary/aromatic N) is 3. The fraction of sp³-hybridized carbons (Fsp3) is 0.292. The first-order valence-corrected chi connectivity index (χ1v) is 10.4. The van der Waals surface area contributed by atoms with Crippen LogP contribution in [0.2, 0.25) is 0 Å². The third-order valence-electron chi connectivity index (χ3n) is 5.74. The molecule has 1 aliphatic heterocycles. The average Bonchev–Trinajstić information content (AvgIpc) is 2.94. The minimum atomic E-state index is -1.09. The Morgan fingerprint density at radius 2 is 1.87 bits per heavy atom. The van der Waals surface area contributed by atoms with E-state index in [2.05, 4.69) is 4.57 Å². The maximum absolute atomic E-state index is 13.8. The molecule has 0 saturated heterocycles. The molecular weight excluding hydrogens is 395 g/mol. The molecule has 1 aliphatic rings. The quantitative estimate of drug-likeness (QED) is 0.683. The average molecular weight is 420 g/mol. The van der Waals surface area contributed by atoms with Crippen LogP contribution in [0.3, 0.4) is 0 Å². The molecule has 2 N–H and O–H groups in total. The van der Waals surface area contributed by atoms with Gasteiger partial charge in [0.2, 0.25) is 5.91 Å². The van der Waals surface area contributed by atoms with E-state index in [1.165, 1.54) is 30.1 Å². The zero-order valence-corrected chi connectivity index (χ0v) is 17.4. The van der Waals surface area contributed by atoms with Crippen molar-refractivity contribution in [1.82, 2.24) is 14.5 Å². The van der Waals surface area contributed by atoms with Crippen molar-refractivity contribution >= 4 is 11.8 Å². The lowest BCUT2D eigenvalue weighted by molar-refractivity contribution is -0.122. The van der Waals surface area contributed by atoms with Crippen molar-refractivity contribution in [2.24, 2.45) is 5.73 Å². The Bertz CT molecular complexity index is 1110. The number of benzene rings is 2. The number of nitrogens with two attached hydrogens (primary N) is 1. The lowest BCUT2D eigenvalue weighted by Gasteiger charge is -2.26. The van der Waals surface area contributed by atoms with Crippen LogP contribution < -0.4 is 5.73 Å². The summed E-state index contributed by atoms with van der Waals surface area (Å²) in [5, 5.41) is 0. The summed E-state index contributed by atoms with van der Waals surface area (Å²) in [5.74, 6) is -0.877. The topological polar surface area (TPSA) is 81.2 Å². The Morgan fingerprint density at radius 3 is 2.58 bits per heavy atom. The Kier molecular flexibility index (Phi) is 5.84. The number of carbonyl (C=O) groups is 2. The van der Waals surface area contributed by atoms with E-state index in [-0.39, 0.29) is 0 Å². The van der Waals surface area contributed by atoms with Crippen molar-refractivity contribution in [3.8, 4) is 11.4 Å². The summed E-state index contributed by atoms with van der Waals surface area (Å²) in [6.45, 7) is 0.784. The third-order valence-corrected chi connectivity index (χ3v) is 5.74. The van der Waals surface area contributed by atoms with Crippen molar-refractivity contribution < 1.29 is 14.0 Å². The van der Waals surface area contributed by atoms with Crippen LogP contribution in [0.5, 0.6) is 0 Å². The van der Waals surface area contributed by atoms with Crippen LogP contribution >= 0.6 is 0 Å². The number of amides is 2. The molecule has 0 aliphatic carbocycles. The largest absolute Gasteiger partial charge is 0.368 e. The first kappa shape index (κ1) is 20.8. The van der Waals surface area contributed by atoms with Gasteiger partial charge in [0.05, 0.1) is 5.69 Å². The van der Waals surface area contributed by atoms with Gasteiger partial charge in [-0.2, -0.15) is 0 Å². The van der Waals surface area contributed by atoms with E-state index in [0.717, 1.165) is 49.3 Å². The first-order chi connectivity index (χ1) is 15.0. The van der Waals surface area contributed by atoms with Crippen molar-refractivity contribution in [2.75, 3.05) is 7.05 Å². The molecule has 31 heavy (non-hydrogen) atoms. The van der Waals surface area contributed by atoms with Gasteiger partial charge in [-0.3, -0.25) is 9.59 Å². The van der Waals surface area contributed by atoms with Gasteiger partial charge in [-0.15, -0.1) is 0 Å². The molecule has 3 aromatic rings. The molecule has 7 heteroatoms. The number of imidazole rings is 1. The van der Waals surface area contributed by atoms with Crippen molar-refractivity contribution in [3.05, 3.63) is 77.4 Å². The van der Waals surface area contributed by atoms with E-state index in [0.29, 0.717) is 11.3 Å². The Labute approximate surface area is 180 Å². The SMILES string of the molecule is CN(C(=O)c1nc(-c2ccccc2)n2c1CCCCC2)C(C(N)=O)c1cccc(F)c1. The molecule has 160 valence electrons. The Morgan fingerprint density at radius 1 is 1.10 bits per heavy atom. The van der Waals surface area contributed by atoms with Crippen LogP contribution in [-0.2, 0) is 17.8 Å². The van der Waals surface area contributed by atoms with Crippen molar-refractivity contribution in [1.29, 1.82) is 0 Å². The van der Waals surface area contributed by atoms with Gasteiger partial charge in [-0.1, -0.05) is 48.9 Å². The van der Waals surface area contributed by atoms with Gasteiger partial charge in [-0.25, -0.2) is 9.37 Å². The van der Waals surface area contributed by atoms with E-state index in [1.54, 1.807) is 6.07 Å². The second kappa shape index (κ2) is 8.71. The van der Waals surface area contributed by atoms with Crippen LogP contribution in [0, 0.1) is 5.82 Å². The Hall–Kier alpha value is -3.48. The number of hydrogen-bond donors (Lipinski definition) is 1. The number of carbonyl (C=O) groups excluding carboxylic acids is 2. The maximum atomic E-state index is 13.8. The number of primary amides is 1. The molecule has 4 rings (SSSR count). The highest BCUT2D eigenvalue weighted by atomic mass is 19.1. The number of fused-ring (bicyclic) bond motifs is 1. The number of rotatable bonds is 5. The van der Waals surface area contributed by atoms with E-state index in [4.69, 9.17) is 10.7 Å². The molecule has 1 aromatic heterocycles. The van der Waals surface area contributed by atoms with Crippen LogP contribution in [0.15, 0.2) is 54.6 Å². The summed E-state index contributed by atoms with van der Waals surface area (Å²) in [5.41, 5.74) is 8.07. The van der Waals surface area contributed by atoms with Crippen LogP contribution in [0.25, 0.3) is 11.4 Å². The summed E-state index contributed by atoms with van der Waals surface area (Å²) in [4.78, 5) is 31.8. The number of halogens is 1. The zero-order chi connectivity index (χ0) is 22.0. The molecule has 0 bridgehead atoms. The second-order valence-corrected chi connectivity index (χ2v) is 7.84. The van der Waals surface area contributed by atoms with E-state index < -0.39 is 23.7 Å². The number of aromatic nitrogens is 2. The van der Waals surface area contributed by atoms with Gasteiger partial charge in [0.1, 0.15) is 23.4 Å². The summed E-state index contributed by atoms with van der Waals surface area (Å²) >= 11 is 0. The van der Waals surface area contributed by atoms with Crippen LogP contribution in [-0.4, -0.2) is 33.3 Å². The Balaban J connectivity index is 1.77. The second-order valence-electron chi connectivity index (χ2n) is 7.84. The minimum absolute atomic E-state index is 0.325. The summed E-state index contributed by atoms with van der Waals surface area (Å²) in [7, 11) is 1.51. The van der Waals surface area contributed by atoms with Gasteiger partial charge in [-0.05, 0) is 37.0 Å². The molecule has 0 radical (unpaired) electrons. The molecule has 0 fully saturated rings. The molecule has 1 atom stereocenters. The van der Waals surface area contributed by atoms with Gasteiger partial charge < -0.3 is 15.2 Å². The van der Waals surface area contributed by atoms with Gasteiger partial charge in [0.15, 0.2) is 0 Å². The predicted octanol–water partition coefficient (Wildman–Crippen LogP) is 3.71. The lowest BCUT2D eigenvalue weighted by Crippen LogP contribution is -2.39. The number of hydrogen-bond acceptors (Lipinski definition) is 3. The molecule has 1 unspecified atom stereocenters. The van der Waals surface area contributed by atoms with Crippen molar-refractivity contribution in [2.45, 2.75) is 38.3 Å². The van der Waals surface area contributed by atoms with Crippen LogP contribution in [0.4, 0.5) is 4.39 Å². The molecule has 2 heterocycles. The van der Waals surface area contributed by atoms with Crippen molar-refractivity contribution in [3.63, 3.8) is 0 Å². The van der Waals surface area contributed by atoms with Crippen LogP contribution in [0.1, 0.15) is 47.1 Å². The highest BCUT2D eigenvalue weighted by Gasteiger charge is 2.32. The number of likely N-dealkylation sites (N-methyl/N-ethyl adjacent to an activating group) is 1. The summed E-state index contributed by atoms with van der Waals surface area (Å²) in [6, 6.07) is 14.3. The molecule has 2 amide bonds. The molecule has 0 spiro atoms. The smallest absolute Gasteiger partial charge is 0.275 e. The van der Waals surface area contributed by atoms with Gasteiger partial charge in [0.25, 0.3) is 5.91 Å². The molecular formula is C24H25FN4O2. The fourth-order valence-electron chi connectivity index (χ4n) is 4.24. The maximum Gasteiger partial charge on any atom is 0.275 e. The standard InChI is InChI=1S/C24H25FN4O2/c1-28(21(22(26)30)17-11-8-12-18(25)15-17)24(31)20-19-13-6-3-7-14-29(19)23(27-20)16-9-4-2-5-10-16/h2,4-5,8-12,15,21H,3,6-7,13-14H2,1H3,(H2,26,30). The fourth-order valence-corrected chi connectivity index (χ4v) is 4.24. The van der Waals surface area contributed by atoms with E-state index >= 15 is 0 Å². The van der Waals surface area contributed by atoms with Gasteiger partial charge in [0, 0.05) is 19.2 Å². The lowest BCUT2D eigenvalue weighted by atomic mass is 10.0. The monoisotopic (exact) mass is 420 g/mol. The summed E-state index contributed by atoms with van der Waals surface area (Å²) in [6.07, 6.45) is 3.79. The molecule has 2 aromatic carbocycles. The highest BCUT2D eigenvalue weighted by Crippen LogP contribution is 2.29. The van der Waals surface area contributed by atoms with Gasteiger partial charge >= 0.3 is 0 Å². The highest BCUT2D eigenvalue weighted by molar-refractivity contribution is 5.97. The first-order valence-electron chi connectivity index (χ1n) is 10.4. The van der Waals surface area contributed by atoms with E-state index in [1.807, 2.05) is 30.3 Å². The third kappa shape index (κ3) is 4.08. The minimum Gasteiger partial charge on any atom is -0.368 e. The normalized spacial score (nSPS) is 14.4.